The van der Waals surface area contributed by atoms with Gasteiger partial charge >= 0.3 is 0 Å². The van der Waals surface area contributed by atoms with Crippen LogP contribution < -0.4 is 11.1 Å². The Morgan fingerprint density at radius 1 is 0.326 bits per heavy atom. The van der Waals surface area contributed by atoms with Crippen molar-refractivity contribution in [2.75, 3.05) is 11.1 Å². The summed E-state index contributed by atoms with van der Waals surface area (Å²) in [5.74, 6) is 0. The Kier molecular flexibility index (Phi) is 7.01. The zero-order valence-corrected chi connectivity index (χ0v) is 25.3. The Morgan fingerprint density at radius 3 is 1.41 bits per heavy atom. The van der Waals surface area contributed by atoms with Crippen LogP contribution in [0.4, 0.5) is 17.1 Å². The lowest BCUT2D eigenvalue weighted by atomic mass is 9.83. The Balaban J connectivity index is 1.28. The van der Waals surface area contributed by atoms with Gasteiger partial charge in [0.15, 0.2) is 0 Å². The molecular weight excluding hydrogens is 556 g/mol. The van der Waals surface area contributed by atoms with E-state index in [9.17, 15) is 0 Å². The molecule has 46 heavy (non-hydrogen) atoms. The van der Waals surface area contributed by atoms with E-state index in [4.69, 9.17) is 5.73 Å². The van der Waals surface area contributed by atoms with Crippen LogP contribution in [0, 0.1) is 0 Å². The van der Waals surface area contributed by atoms with Gasteiger partial charge in [-0.25, -0.2) is 0 Å². The van der Waals surface area contributed by atoms with E-state index in [0.29, 0.717) is 0 Å². The quantitative estimate of drug-likeness (QED) is 0.150. The second-order valence-corrected chi connectivity index (χ2v) is 11.6. The first-order valence-electron chi connectivity index (χ1n) is 15.7. The molecule has 0 spiro atoms. The molecule has 8 aromatic carbocycles. The van der Waals surface area contributed by atoms with E-state index in [1.807, 2.05) is 24.3 Å². The predicted octanol–water partition coefficient (Wildman–Crippen LogP) is 12.0. The van der Waals surface area contributed by atoms with E-state index in [0.717, 1.165) is 17.1 Å². The maximum Gasteiger partial charge on any atom is 0.0617 e. The van der Waals surface area contributed by atoms with Crippen molar-refractivity contribution in [1.29, 1.82) is 0 Å². The van der Waals surface area contributed by atoms with Crippen molar-refractivity contribution in [2.45, 2.75) is 0 Å². The standard InChI is InChI=1S/C44H32N2/c45-41-20-10-11-21-42(41)46-34-28-26-33(27-29-34)43-37-16-6-8-18-39(37)44(40-19-9-7-17-38(40)43)36-15-5-4-14-35(36)32-24-22-31(23-25-32)30-12-2-1-3-13-30/h1-29,46H,45H2. The van der Waals surface area contributed by atoms with E-state index < -0.39 is 0 Å². The molecule has 2 heteroatoms. The molecule has 0 saturated carbocycles. The fourth-order valence-electron chi connectivity index (χ4n) is 6.64. The Morgan fingerprint density at radius 2 is 0.783 bits per heavy atom. The zero-order valence-electron chi connectivity index (χ0n) is 25.3. The average molecular weight is 589 g/mol. The molecule has 8 aromatic rings. The summed E-state index contributed by atoms with van der Waals surface area (Å²) in [7, 11) is 0. The smallest absolute Gasteiger partial charge is 0.0617 e. The van der Waals surface area contributed by atoms with Crippen molar-refractivity contribution in [3.63, 3.8) is 0 Å². The van der Waals surface area contributed by atoms with Crippen LogP contribution in [0.5, 0.6) is 0 Å². The van der Waals surface area contributed by atoms with E-state index in [1.165, 1.54) is 66.1 Å². The van der Waals surface area contributed by atoms with Gasteiger partial charge in [-0.2, -0.15) is 0 Å². The van der Waals surface area contributed by atoms with Crippen molar-refractivity contribution >= 4 is 38.6 Å². The highest BCUT2D eigenvalue weighted by molar-refractivity contribution is 6.22. The van der Waals surface area contributed by atoms with E-state index in [1.54, 1.807) is 0 Å². The van der Waals surface area contributed by atoms with Crippen LogP contribution in [0.15, 0.2) is 176 Å². The molecule has 3 N–H and O–H groups in total. The van der Waals surface area contributed by atoms with Crippen LogP contribution in [0.2, 0.25) is 0 Å². The third-order valence-corrected chi connectivity index (χ3v) is 8.84. The van der Waals surface area contributed by atoms with Gasteiger partial charge in [-0.3, -0.25) is 0 Å². The van der Waals surface area contributed by atoms with Crippen LogP contribution in [0.1, 0.15) is 0 Å². The first kappa shape index (κ1) is 27.4. The molecule has 2 nitrogen and oxygen atoms in total. The molecule has 8 rings (SSSR count). The molecule has 0 atom stereocenters. The molecule has 0 aliphatic rings. The summed E-state index contributed by atoms with van der Waals surface area (Å²) < 4.78 is 0. The van der Waals surface area contributed by atoms with E-state index in [-0.39, 0.29) is 0 Å². The molecule has 0 saturated heterocycles. The monoisotopic (exact) mass is 588 g/mol. The highest BCUT2D eigenvalue weighted by Crippen LogP contribution is 2.46. The predicted molar refractivity (Wildman–Crippen MR) is 197 cm³/mol. The molecular formula is C44H32N2. The van der Waals surface area contributed by atoms with Gasteiger partial charge in [0.2, 0.25) is 0 Å². The molecule has 0 bridgehead atoms. The van der Waals surface area contributed by atoms with Crippen molar-refractivity contribution in [3.05, 3.63) is 176 Å². The van der Waals surface area contributed by atoms with Crippen LogP contribution in [0.3, 0.4) is 0 Å². The van der Waals surface area contributed by atoms with Gasteiger partial charge in [0.05, 0.1) is 11.4 Å². The molecule has 0 aromatic heterocycles. The number of rotatable bonds is 6. The third-order valence-electron chi connectivity index (χ3n) is 8.84. The number of para-hydroxylation sites is 2. The number of anilines is 3. The minimum atomic E-state index is 0.728. The summed E-state index contributed by atoms with van der Waals surface area (Å²) in [6.07, 6.45) is 0. The second-order valence-electron chi connectivity index (χ2n) is 11.6. The zero-order chi connectivity index (χ0) is 30.9. The van der Waals surface area contributed by atoms with Crippen molar-refractivity contribution in [2.24, 2.45) is 0 Å². The van der Waals surface area contributed by atoms with Crippen molar-refractivity contribution in [3.8, 4) is 44.5 Å². The SMILES string of the molecule is Nc1ccccc1Nc1ccc(-c2c3ccccc3c(-c3ccccc3-c3ccc(-c4ccccc4)cc3)c3ccccc23)cc1. The van der Waals surface area contributed by atoms with Crippen LogP contribution in [-0.4, -0.2) is 0 Å². The summed E-state index contributed by atoms with van der Waals surface area (Å²) in [6.45, 7) is 0. The van der Waals surface area contributed by atoms with E-state index >= 15 is 0 Å². The molecule has 0 unspecified atom stereocenters. The lowest BCUT2D eigenvalue weighted by Crippen LogP contribution is -1.96. The molecule has 218 valence electrons. The normalized spacial score (nSPS) is 11.1. The molecule has 0 aliphatic heterocycles. The number of nitrogens with one attached hydrogen (secondary N) is 1. The minimum absolute atomic E-state index is 0.728. The lowest BCUT2D eigenvalue weighted by molar-refractivity contribution is 1.54. The molecule has 0 heterocycles. The highest BCUT2D eigenvalue weighted by Gasteiger charge is 2.18. The van der Waals surface area contributed by atoms with Gasteiger partial charge in [0, 0.05) is 5.69 Å². The van der Waals surface area contributed by atoms with Crippen molar-refractivity contribution < 1.29 is 0 Å². The Labute approximate surface area is 269 Å². The first-order chi connectivity index (χ1) is 22.7. The summed E-state index contributed by atoms with van der Waals surface area (Å²) in [5, 5.41) is 8.41. The number of benzene rings is 8. The number of hydrogen-bond acceptors (Lipinski definition) is 2. The summed E-state index contributed by atoms with van der Waals surface area (Å²) in [5.41, 5.74) is 18.6. The summed E-state index contributed by atoms with van der Waals surface area (Å²) >= 11 is 0. The topological polar surface area (TPSA) is 38.0 Å². The molecule has 0 radical (unpaired) electrons. The van der Waals surface area contributed by atoms with Gasteiger partial charge in [-0.15, -0.1) is 0 Å². The number of nitrogen functional groups attached to an aromatic ring is 1. The van der Waals surface area contributed by atoms with Crippen LogP contribution in [-0.2, 0) is 0 Å². The van der Waals surface area contributed by atoms with Crippen LogP contribution >= 0.6 is 0 Å². The molecule has 0 amide bonds. The fraction of sp³-hybridized carbons (Fsp3) is 0. The number of nitrogens with two attached hydrogens (primary N) is 1. The number of fused-ring (bicyclic) bond motifs is 2. The lowest BCUT2D eigenvalue weighted by Gasteiger charge is -2.20. The second kappa shape index (κ2) is 11.8. The van der Waals surface area contributed by atoms with Gasteiger partial charge in [0.25, 0.3) is 0 Å². The largest absolute Gasteiger partial charge is 0.397 e. The van der Waals surface area contributed by atoms with Crippen molar-refractivity contribution in [1.82, 2.24) is 0 Å². The minimum Gasteiger partial charge on any atom is -0.397 e. The molecule has 0 aliphatic carbocycles. The van der Waals surface area contributed by atoms with E-state index in [2.05, 4.69) is 157 Å². The van der Waals surface area contributed by atoms with Gasteiger partial charge in [-0.05, 0) is 90.3 Å². The highest BCUT2D eigenvalue weighted by atomic mass is 14.9. The fourth-order valence-corrected chi connectivity index (χ4v) is 6.64. The maximum absolute atomic E-state index is 6.19. The van der Waals surface area contributed by atoms with Gasteiger partial charge in [-0.1, -0.05) is 152 Å². The van der Waals surface area contributed by atoms with Gasteiger partial charge in [0.1, 0.15) is 0 Å². The maximum atomic E-state index is 6.19. The Hall–Kier alpha value is -6.12. The number of hydrogen-bond donors (Lipinski definition) is 2. The third kappa shape index (κ3) is 4.96. The summed E-state index contributed by atoms with van der Waals surface area (Å²) in [6, 6.07) is 62.5. The summed E-state index contributed by atoms with van der Waals surface area (Å²) in [4.78, 5) is 0. The first-order valence-corrected chi connectivity index (χ1v) is 15.7. The molecule has 0 fully saturated rings. The van der Waals surface area contributed by atoms with Gasteiger partial charge < -0.3 is 11.1 Å². The van der Waals surface area contributed by atoms with Crippen LogP contribution in [0.25, 0.3) is 66.1 Å². The Bertz CT molecular complexity index is 2260. The average Bonchev–Trinajstić information content (AvgIpc) is 3.12.